The second-order valence-electron chi connectivity index (χ2n) is 6.79. The SMILES string of the molecule is O=C(O)COc1cccc2c(CC[S+]([O-])CC(O)COc3ccccc3)cccc12. The van der Waals surface area contributed by atoms with Gasteiger partial charge in [-0.05, 0) is 29.1 Å². The first-order valence-corrected chi connectivity index (χ1v) is 11.1. The zero-order chi connectivity index (χ0) is 21.3. The van der Waals surface area contributed by atoms with Gasteiger partial charge in [-0.25, -0.2) is 4.79 Å². The maximum Gasteiger partial charge on any atom is 0.341 e. The van der Waals surface area contributed by atoms with Crippen molar-refractivity contribution in [2.75, 3.05) is 24.7 Å². The maximum atomic E-state index is 12.4. The van der Waals surface area contributed by atoms with Crippen LogP contribution in [-0.2, 0) is 22.4 Å². The molecule has 3 rings (SSSR count). The molecule has 0 saturated carbocycles. The van der Waals surface area contributed by atoms with Crippen LogP contribution < -0.4 is 9.47 Å². The lowest BCUT2D eigenvalue weighted by Crippen LogP contribution is -2.29. The Morgan fingerprint density at radius 2 is 1.70 bits per heavy atom. The summed E-state index contributed by atoms with van der Waals surface area (Å²) >= 11 is -1.21. The molecule has 0 fully saturated rings. The summed E-state index contributed by atoms with van der Waals surface area (Å²) in [6, 6.07) is 20.4. The molecule has 0 bridgehead atoms. The van der Waals surface area contributed by atoms with Crippen molar-refractivity contribution in [2.45, 2.75) is 12.5 Å². The Kier molecular flexibility index (Phi) is 7.96. The van der Waals surface area contributed by atoms with Crippen molar-refractivity contribution in [1.29, 1.82) is 0 Å². The molecule has 0 heterocycles. The highest BCUT2D eigenvalue weighted by Crippen LogP contribution is 2.28. The normalized spacial score (nSPS) is 13.0. The number of aliphatic carboxylic acids is 1. The number of carboxylic acid groups (broad SMARTS) is 1. The van der Waals surface area contributed by atoms with Crippen LogP contribution in [0.1, 0.15) is 5.56 Å². The molecule has 30 heavy (non-hydrogen) atoms. The molecule has 2 unspecified atom stereocenters. The Morgan fingerprint density at radius 1 is 0.967 bits per heavy atom. The van der Waals surface area contributed by atoms with E-state index >= 15 is 0 Å². The van der Waals surface area contributed by atoms with Crippen molar-refractivity contribution in [3.63, 3.8) is 0 Å². The number of rotatable bonds is 11. The van der Waals surface area contributed by atoms with Crippen molar-refractivity contribution in [3.8, 4) is 11.5 Å². The number of benzene rings is 3. The molecule has 0 radical (unpaired) electrons. The molecule has 0 aliphatic rings. The highest BCUT2D eigenvalue weighted by molar-refractivity contribution is 7.91. The Balaban J connectivity index is 1.55. The third-order valence-electron chi connectivity index (χ3n) is 4.49. The third kappa shape index (κ3) is 6.38. The molecule has 3 aromatic carbocycles. The fourth-order valence-corrected chi connectivity index (χ4v) is 4.25. The average molecular weight is 429 g/mol. The van der Waals surface area contributed by atoms with E-state index in [9.17, 15) is 14.5 Å². The van der Waals surface area contributed by atoms with E-state index in [1.807, 2.05) is 48.5 Å². The number of hydrogen-bond acceptors (Lipinski definition) is 5. The molecule has 3 aromatic rings. The zero-order valence-electron chi connectivity index (χ0n) is 16.4. The van der Waals surface area contributed by atoms with Crippen molar-refractivity contribution in [3.05, 3.63) is 72.3 Å². The summed E-state index contributed by atoms with van der Waals surface area (Å²) in [5.41, 5.74) is 0.997. The molecule has 2 atom stereocenters. The first kappa shape index (κ1) is 22.0. The third-order valence-corrected chi connectivity index (χ3v) is 5.90. The van der Waals surface area contributed by atoms with E-state index in [4.69, 9.17) is 14.6 Å². The van der Waals surface area contributed by atoms with E-state index in [1.54, 1.807) is 18.2 Å². The van der Waals surface area contributed by atoms with E-state index < -0.39 is 29.9 Å². The number of aliphatic hydroxyl groups excluding tert-OH is 1. The minimum atomic E-state index is -1.21. The minimum absolute atomic E-state index is 0.0916. The van der Waals surface area contributed by atoms with E-state index in [2.05, 4.69) is 0 Å². The van der Waals surface area contributed by atoms with Crippen molar-refractivity contribution in [1.82, 2.24) is 0 Å². The number of fused-ring (bicyclic) bond motifs is 1. The summed E-state index contributed by atoms with van der Waals surface area (Å²) in [5.74, 6) is 0.686. The standard InChI is InChI=1S/C23H24O6S/c24-18(14-28-19-7-2-1-3-8-19)16-30(27)13-12-17-6-4-10-21-20(17)9-5-11-22(21)29-15-23(25)26/h1-11,18,24H,12-16H2,(H,25,26). The van der Waals surface area contributed by atoms with E-state index in [-0.39, 0.29) is 12.4 Å². The van der Waals surface area contributed by atoms with Gasteiger partial charge in [0.15, 0.2) is 6.61 Å². The number of hydrogen-bond donors (Lipinski definition) is 2. The number of carboxylic acids is 1. The molecule has 0 saturated heterocycles. The number of aliphatic hydroxyl groups is 1. The van der Waals surface area contributed by atoms with Gasteiger partial charge in [-0.15, -0.1) is 0 Å². The summed E-state index contributed by atoms with van der Waals surface area (Å²) < 4.78 is 23.3. The number of carbonyl (C=O) groups is 1. The number of para-hydroxylation sites is 1. The highest BCUT2D eigenvalue weighted by atomic mass is 32.2. The predicted molar refractivity (Wildman–Crippen MR) is 117 cm³/mol. The molecule has 0 aromatic heterocycles. The second kappa shape index (κ2) is 10.9. The summed E-state index contributed by atoms with van der Waals surface area (Å²) in [6.07, 6.45) is -0.243. The Morgan fingerprint density at radius 3 is 2.47 bits per heavy atom. The smallest absolute Gasteiger partial charge is 0.341 e. The molecular weight excluding hydrogens is 404 g/mol. The molecule has 158 valence electrons. The summed E-state index contributed by atoms with van der Waals surface area (Å²) in [5, 5.41) is 20.7. The average Bonchev–Trinajstić information content (AvgIpc) is 2.75. The molecule has 0 spiro atoms. The highest BCUT2D eigenvalue weighted by Gasteiger charge is 2.16. The van der Waals surface area contributed by atoms with Gasteiger partial charge < -0.3 is 24.2 Å². The molecule has 2 N–H and O–H groups in total. The summed E-state index contributed by atoms with van der Waals surface area (Å²) in [7, 11) is 0. The first-order chi connectivity index (χ1) is 14.5. The maximum absolute atomic E-state index is 12.4. The molecule has 6 nitrogen and oxygen atoms in total. The Labute approximate surface area is 178 Å². The van der Waals surface area contributed by atoms with Crippen LogP contribution >= 0.6 is 0 Å². The lowest BCUT2D eigenvalue weighted by atomic mass is 10.0. The fraction of sp³-hybridized carbons (Fsp3) is 0.261. The van der Waals surface area contributed by atoms with Crippen molar-refractivity contribution in [2.24, 2.45) is 0 Å². The van der Waals surface area contributed by atoms with Gasteiger partial charge in [0.2, 0.25) is 0 Å². The summed E-state index contributed by atoms with van der Waals surface area (Å²) in [6.45, 7) is -0.315. The van der Waals surface area contributed by atoms with Crippen LogP contribution in [0.5, 0.6) is 11.5 Å². The molecule has 7 heteroatoms. The van der Waals surface area contributed by atoms with Crippen LogP contribution in [0.2, 0.25) is 0 Å². The number of aryl methyl sites for hydroxylation is 1. The molecular formula is C23H24O6S. The predicted octanol–water partition coefficient (Wildman–Crippen LogP) is 3.03. The van der Waals surface area contributed by atoms with Crippen LogP contribution in [0, 0.1) is 0 Å². The van der Waals surface area contributed by atoms with Gasteiger partial charge in [-0.1, -0.05) is 59.7 Å². The molecule has 0 amide bonds. The Bertz CT molecular complexity index is 962. The van der Waals surface area contributed by atoms with Crippen LogP contribution in [0.15, 0.2) is 66.7 Å². The zero-order valence-corrected chi connectivity index (χ0v) is 17.2. The van der Waals surface area contributed by atoms with Gasteiger partial charge in [0.05, 0.1) is 0 Å². The monoisotopic (exact) mass is 428 g/mol. The van der Waals surface area contributed by atoms with Crippen LogP contribution in [0.25, 0.3) is 10.8 Å². The first-order valence-electron chi connectivity index (χ1n) is 9.59. The van der Waals surface area contributed by atoms with Gasteiger partial charge in [0.25, 0.3) is 0 Å². The fourth-order valence-electron chi connectivity index (χ4n) is 3.11. The van der Waals surface area contributed by atoms with Crippen LogP contribution in [0.4, 0.5) is 0 Å². The number of ether oxygens (including phenoxy) is 2. The van der Waals surface area contributed by atoms with Gasteiger partial charge in [-0.3, -0.25) is 0 Å². The quantitative estimate of drug-likeness (QED) is 0.456. The largest absolute Gasteiger partial charge is 0.616 e. The van der Waals surface area contributed by atoms with Gasteiger partial charge in [0.1, 0.15) is 35.7 Å². The minimum Gasteiger partial charge on any atom is -0.616 e. The van der Waals surface area contributed by atoms with Crippen molar-refractivity contribution < 1.29 is 29.0 Å². The van der Waals surface area contributed by atoms with Gasteiger partial charge in [-0.2, -0.15) is 0 Å². The van der Waals surface area contributed by atoms with Crippen LogP contribution in [0.3, 0.4) is 0 Å². The van der Waals surface area contributed by atoms with E-state index in [0.29, 0.717) is 23.7 Å². The van der Waals surface area contributed by atoms with Gasteiger partial charge >= 0.3 is 5.97 Å². The molecule has 0 aliphatic heterocycles. The van der Waals surface area contributed by atoms with E-state index in [1.165, 1.54) is 0 Å². The Hall–Kier alpha value is -2.74. The van der Waals surface area contributed by atoms with Gasteiger partial charge in [0, 0.05) is 11.8 Å². The van der Waals surface area contributed by atoms with Crippen molar-refractivity contribution >= 4 is 27.9 Å². The van der Waals surface area contributed by atoms with Crippen LogP contribution in [-0.4, -0.2) is 51.6 Å². The lowest BCUT2D eigenvalue weighted by molar-refractivity contribution is -0.139. The topological polar surface area (TPSA) is 99.1 Å². The van der Waals surface area contributed by atoms with E-state index in [0.717, 1.165) is 16.3 Å². The molecule has 0 aliphatic carbocycles. The second-order valence-corrected chi connectivity index (χ2v) is 8.41. The summed E-state index contributed by atoms with van der Waals surface area (Å²) in [4.78, 5) is 10.8. The lowest BCUT2D eigenvalue weighted by Gasteiger charge is -2.17.